The monoisotopic (exact) mass is 296 g/mol. The minimum absolute atomic E-state index is 0.0249. The fraction of sp³-hybridized carbons (Fsp3) is 0.625. The van der Waals surface area contributed by atoms with Gasteiger partial charge in [-0.05, 0) is 49.8 Å². The highest BCUT2D eigenvalue weighted by Crippen LogP contribution is 2.32. The molecule has 2 unspecified atom stereocenters. The third-order valence-corrected chi connectivity index (χ3v) is 4.62. The number of hydrazine groups is 1. The molecular formula is C16H25ClN2O. The average Bonchev–Trinajstić information content (AvgIpc) is 2.42. The smallest absolute Gasteiger partial charge is 0.121 e. The van der Waals surface area contributed by atoms with E-state index in [1.54, 1.807) is 0 Å². The van der Waals surface area contributed by atoms with Crippen LogP contribution in [0.25, 0.3) is 0 Å². The van der Waals surface area contributed by atoms with E-state index >= 15 is 0 Å². The van der Waals surface area contributed by atoms with Gasteiger partial charge in [0.1, 0.15) is 11.9 Å². The molecule has 1 aromatic carbocycles. The molecule has 1 aliphatic rings. The van der Waals surface area contributed by atoms with Crippen LogP contribution in [0.4, 0.5) is 0 Å². The molecule has 1 aromatic rings. The van der Waals surface area contributed by atoms with Crippen LogP contribution in [0.15, 0.2) is 24.3 Å². The van der Waals surface area contributed by atoms with Crippen molar-refractivity contribution in [2.45, 2.75) is 51.7 Å². The zero-order valence-corrected chi connectivity index (χ0v) is 13.1. The number of halogens is 1. The third-order valence-electron chi connectivity index (χ3n) is 4.38. The van der Waals surface area contributed by atoms with Crippen LogP contribution >= 0.6 is 11.6 Å². The van der Waals surface area contributed by atoms with E-state index in [4.69, 9.17) is 22.2 Å². The molecule has 0 saturated heterocycles. The van der Waals surface area contributed by atoms with Crippen LogP contribution in [0, 0.1) is 11.8 Å². The number of hydrogen-bond donors (Lipinski definition) is 2. The fourth-order valence-corrected chi connectivity index (χ4v) is 3.31. The number of nitrogens with two attached hydrogens (primary N) is 1. The summed E-state index contributed by atoms with van der Waals surface area (Å²) in [5.74, 6) is 8.00. The second-order valence-electron chi connectivity index (χ2n) is 5.99. The summed E-state index contributed by atoms with van der Waals surface area (Å²) in [6, 6.07) is 7.70. The fourth-order valence-electron chi connectivity index (χ4n) is 3.13. The van der Waals surface area contributed by atoms with Crippen LogP contribution in [0.5, 0.6) is 5.75 Å². The minimum Gasteiger partial charge on any atom is -0.489 e. The molecular weight excluding hydrogens is 272 g/mol. The summed E-state index contributed by atoms with van der Waals surface area (Å²) in [7, 11) is 0. The van der Waals surface area contributed by atoms with Crippen molar-refractivity contribution < 1.29 is 4.74 Å². The summed E-state index contributed by atoms with van der Waals surface area (Å²) in [6.07, 6.45) is 5.04. The first-order chi connectivity index (χ1) is 9.60. The quantitative estimate of drug-likeness (QED) is 0.642. The number of nitrogens with one attached hydrogen (secondary N) is 1. The molecule has 2 atom stereocenters. The van der Waals surface area contributed by atoms with Gasteiger partial charge in [-0.25, -0.2) is 0 Å². The Labute approximate surface area is 126 Å². The Morgan fingerprint density at radius 3 is 2.60 bits per heavy atom. The third kappa shape index (κ3) is 4.11. The predicted octanol–water partition coefficient (Wildman–Crippen LogP) is 3.77. The van der Waals surface area contributed by atoms with Crippen LogP contribution < -0.4 is 16.0 Å². The van der Waals surface area contributed by atoms with E-state index in [-0.39, 0.29) is 12.1 Å². The summed E-state index contributed by atoms with van der Waals surface area (Å²) >= 11 is 5.99. The molecule has 1 saturated carbocycles. The lowest BCUT2D eigenvalue weighted by Crippen LogP contribution is -2.50. The normalized spacial score (nSPS) is 26.0. The Hall–Kier alpha value is -0.770. The first-order valence-electron chi connectivity index (χ1n) is 7.48. The first-order valence-corrected chi connectivity index (χ1v) is 7.86. The second-order valence-corrected chi connectivity index (χ2v) is 6.43. The summed E-state index contributed by atoms with van der Waals surface area (Å²) in [5, 5.41) is 0.693. The highest BCUT2D eigenvalue weighted by molar-refractivity contribution is 6.30. The van der Waals surface area contributed by atoms with Gasteiger partial charge < -0.3 is 4.74 Å². The van der Waals surface area contributed by atoms with Gasteiger partial charge in [-0.15, -0.1) is 0 Å². The van der Waals surface area contributed by atoms with Crippen LogP contribution in [0.2, 0.25) is 5.02 Å². The Balaban J connectivity index is 1.96. The SMILES string of the molecule is CC1CCC(C(NN)C(C)Oc2cccc(Cl)c2)CC1. The zero-order valence-electron chi connectivity index (χ0n) is 12.3. The summed E-state index contributed by atoms with van der Waals surface area (Å²) in [4.78, 5) is 0. The van der Waals surface area contributed by atoms with Gasteiger partial charge in [0.15, 0.2) is 0 Å². The van der Waals surface area contributed by atoms with Crippen molar-refractivity contribution in [2.75, 3.05) is 0 Å². The second kappa shape index (κ2) is 7.30. The van der Waals surface area contributed by atoms with Crippen molar-refractivity contribution >= 4 is 11.6 Å². The molecule has 4 heteroatoms. The van der Waals surface area contributed by atoms with Gasteiger partial charge in [-0.2, -0.15) is 0 Å². The molecule has 0 spiro atoms. The van der Waals surface area contributed by atoms with Gasteiger partial charge in [-0.1, -0.05) is 37.4 Å². The van der Waals surface area contributed by atoms with Crippen molar-refractivity contribution in [2.24, 2.45) is 17.7 Å². The maximum Gasteiger partial charge on any atom is 0.121 e. The van der Waals surface area contributed by atoms with Gasteiger partial charge in [0, 0.05) is 5.02 Å². The van der Waals surface area contributed by atoms with Gasteiger partial charge in [-0.3, -0.25) is 11.3 Å². The van der Waals surface area contributed by atoms with E-state index in [0.717, 1.165) is 11.7 Å². The minimum atomic E-state index is 0.0249. The summed E-state index contributed by atoms with van der Waals surface area (Å²) in [6.45, 7) is 4.40. The molecule has 0 amide bonds. The van der Waals surface area contributed by atoms with Crippen LogP contribution in [0.1, 0.15) is 39.5 Å². The molecule has 20 heavy (non-hydrogen) atoms. The molecule has 112 valence electrons. The van der Waals surface area contributed by atoms with Crippen molar-refractivity contribution in [3.8, 4) is 5.75 Å². The maximum atomic E-state index is 6.00. The molecule has 0 aromatic heterocycles. The average molecular weight is 297 g/mol. The van der Waals surface area contributed by atoms with E-state index in [9.17, 15) is 0 Å². The lowest BCUT2D eigenvalue weighted by molar-refractivity contribution is 0.109. The topological polar surface area (TPSA) is 47.3 Å². The van der Waals surface area contributed by atoms with E-state index in [1.807, 2.05) is 24.3 Å². The molecule has 3 nitrogen and oxygen atoms in total. The molecule has 1 aliphatic carbocycles. The summed E-state index contributed by atoms with van der Waals surface area (Å²) in [5.41, 5.74) is 2.96. The van der Waals surface area contributed by atoms with E-state index in [0.29, 0.717) is 10.9 Å². The first kappa shape index (κ1) is 15.6. The van der Waals surface area contributed by atoms with Gasteiger partial charge in [0.25, 0.3) is 0 Å². The Bertz CT molecular complexity index is 419. The summed E-state index contributed by atoms with van der Waals surface area (Å²) < 4.78 is 6.00. The number of benzene rings is 1. The van der Waals surface area contributed by atoms with Crippen molar-refractivity contribution in [1.29, 1.82) is 0 Å². The van der Waals surface area contributed by atoms with Gasteiger partial charge in [0.05, 0.1) is 6.04 Å². The Morgan fingerprint density at radius 2 is 2.00 bits per heavy atom. The van der Waals surface area contributed by atoms with Crippen LogP contribution in [-0.2, 0) is 0 Å². The van der Waals surface area contributed by atoms with Crippen LogP contribution in [0.3, 0.4) is 0 Å². The van der Waals surface area contributed by atoms with E-state index < -0.39 is 0 Å². The highest BCUT2D eigenvalue weighted by atomic mass is 35.5. The number of ether oxygens (including phenoxy) is 1. The zero-order chi connectivity index (χ0) is 14.5. The molecule has 0 bridgehead atoms. The van der Waals surface area contributed by atoms with Crippen LogP contribution in [-0.4, -0.2) is 12.1 Å². The van der Waals surface area contributed by atoms with E-state index in [2.05, 4.69) is 19.3 Å². The predicted molar refractivity (Wildman–Crippen MR) is 83.8 cm³/mol. The lowest BCUT2D eigenvalue weighted by Gasteiger charge is -2.35. The lowest BCUT2D eigenvalue weighted by atomic mass is 9.78. The maximum absolute atomic E-state index is 6.00. The molecule has 3 N–H and O–H groups in total. The largest absolute Gasteiger partial charge is 0.489 e. The van der Waals surface area contributed by atoms with Crippen molar-refractivity contribution in [3.63, 3.8) is 0 Å². The van der Waals surface area contributed by atoms with Crippen molar-refractivity contribution in [3.05, 3.63) is 29.3 Å². The van der Waals surface area contributed by atoms with Gasteiger partial charge in [0.2, 0.25) is 0 Å². The number of rotatable bonds is 5. The molecule has 0 radical (unpaired) electrons. The molecule has 2 rings (SSSR count). The Kier molecular flexibility index (Phi) is 5.70. The van der Waals surface area contributed by atoms with E-state index in [1.165, 1.54) is 25.7 Å². The standard InChI is InChI=1S/C16H25ClN2O/c1-11-6-8-13(9-7-11)16(19-18)12(2)20-15-5-3-4-14(17)10-15/h3-5,10-13,16,19H,6-9,18H2,1-2H3. The van der Waals surface area contributed by atoms with Crippen molar-refractivity contribution in [1.82, 2.24) is 5.43 Å². The Morgan fingerprint density at radius 1 is 1.30 bits per heavy atom. The number of hydrogen-bond acceptors (Lipinski definition) is 3. The van der Waals surface area contributed by atoms with Gasteiger partial charge >= 0.3 is 0 Å². The molecule has 0 heterocycles. The molecule has 0 aliphatic heterocycles. The molecule has 1 fully saturated rings. The highest BCUT2D eigenvalue weighted by Gasteiger charge is 2.30.